The maximum atomic E-state index is 12.6. The topological polar surface area (TPSA) is 72.9 Å². The molecule has 1 saturated heterocycles. The summed E-state index contributed by atoms with van der Waals surface area (Å²) in [6.07, 6.45) is 3.14. The van der Waals surface area contributed by atoms with Crippen LogP contribution in [0, 0.1) is 6.92 Å². The lowest BCUT2D eigenvalue weighted by Gasteiger charge is -2.31. The molecule has 0 bridgehead atoms. The predicted molar refractivity (Wildman–Crippen MR) is 106 cm³/mol. The molecule has 5 rings (SSSR count). The Morgan fingerprint density at radius 3 is 2.72 bits per heavy atom. The van der Waals surface area contributed by atoms with Gasteiger partial charge in [-0.25, -0.2) is 4.52 Å². The molecule has 146 valence electrons. The molecule has 4 heterocycles. The summed E-state index contributed by atoms with van der Waals surface area (Å²) in [5.41, 5.74) is 5.02. The van der Waals surface area contributed by atoms with Crippen molar-refractivity contribution < 1.29 is 13.9 Å². The van der Waals surface area contributed by atoms with Crippen molar-refractivity contribution in [1.29, 1.82) is 0 Å². The first-order valence-electron chi connectivity index (χ1n) is 9.55. The molecule has 1 atom stereocenters. The van der Waals surface area contributed by atoms with E-state index < -0.39 is 0 Å². The van der Waals surface area contributed by atoms with Gasteiger partial charge in [-0.3, -0.25) is 4.79 Å². The van der Waals surface area contributed by atoms with E-state index in [0.717, 1.165) is 22.3 Å². The van der Waals surface area contributed by atoms with Crippen molar-refractivity contribution in [3.63, 3.8) is 0 Å². The Balaban J connectivity index is 1.41. The minimum atomic E-state index is -0.328. The molecule has 7 nitrogen and oxygen atoms in total. The monoisotopic (exact) mass is 388 g/mol. The number of carbonyl (C=O) groups is 1. The summed E-state index contributed by atoms with van der Waals surface area (Å²) in [4.78, 5) is 14.3. The number of rotatable bonds is 3. The van der Waals surface area contributed by atoms with Gasteiger partial charge in [0.15, 0.2) is 5.76 Å². The molecular weight excluding hydrogens is 368 g/mol. The van der Waals surface area contributed by atoms with Gasteiger partial charge in [-0.05, 0) is 30.7 Å². The van der Waals surface area contributed by atoms with Crippen molar-refractivity contribution in [1.82, 2.24) is 19.7 Å². The third-order valence-electron chi connectivity index (χ3n) is 5.22. The van der Waals surface area contributed by atoms with Crippen LogP contribution in [0.25, 0.3) is 16.6 Å². The molecule has 1 aliphatic rings. The lowest BCUT2D eigenvalue weighted by Crippen LogP contribution is -2.42. The maximum Gasteiger partial charge on any atom is 0.289 e. The molecule has 0 radical (unpaired) electrons. The fourth-order valence-corrected chi connectivity index (χ4v) is 3.62. The Labute approximate surface area is 167 Å². The minimum absolute atomic E-state index is 0.138. The van der Waals surface area contributed by atoms with E-state index in [4.69, 9.17) is 9.15 Å². The molecule has 0 unspecified atom stereocenters. The average molecular weight is 388 g/mol. The number of ether oxygens (including phenoxy) is 1. The first kappa shape index (κ1) is 17.6. The largest absolute Gasteiger partial charge is 0.459 e. The van der Waals surface area contributed by atoms with E-state index in [-0.39, 0.29) is 12.0 Å². The van der Waals surface area contributed by atoms with Crippen LogP contribution >= 0.6 is 0 Å². The van der Waals surface area contributed by atoms with Gasteiger partial charge in [-0.15, -0.1) is 5.10 Å². The fourth-order valence-electron chi connectivity index (χ4n) is 3.62. The summed E-state index contributed by atoms with van der Waals surface area (Å²) in [6.45, 7) is 3.44. The van der Waals surface area contributed by atoms with Gasteiger partial charge in [-0.2, -0.15) is 0 Å². The highest BCUT2D eigenvalue weighted by Gasteiger charge is 2.30. The van der Waals surface area contributed by atoms with Gasteiger partial charge in [-0.1, -0.05) is 41.1 Å². The molecule has 3 aromatic heterocycles. The second kappa shape index (κ2) is 7.18. The zero-order valence-electron chi connectivity index (χ0n) is 16.0. The van der Waals surface area contributed by atoms with E-state index in [1.807, 2.05) is 12.3 Å². The van der Waals surface area contributed by atoms with E-state index in [0.29, 0.717) is 25.5 Å². The molecule has 29 heavy (non-hydrogen) atoms. The highest BCUT2D eigenvalue weighted by molar-refractivity contribution is 5.91. The second-order valence-corrected chi connectivity index (χ2v) is 7.18. The number of aromatic nitrogens is 3. The standard InChI is InChI=1S/C22H20N4O3/c1-15-4-6-16(7-5-15)17-8-9-18-21(23-24-26(18)13-17)20-14-25(10-12-29-20)22(27)19-3-2-11-28-19/h2-9,11,13,20H,10,12,14H2,1H3/t20-/m0/s1. The Kier molecular flexibility index (Phi) is 4.37. The first-order valence-corrected chi connectivity index (χ1v) is 9.55. The van der Waals surface area contributed by atoms with E-state index in [1.54, 1.807) is 21.5 Å². The summed E-state index contributed by atoms with van der Waals surface area (Å²) in [5.74, 6) is 0.197. The Morgan fingerprint density at radius 1 is 1.10 bits per heavy atom. The van der Waals surface area contributed by atoms with Crippen LogP contribution in [0.1, 0.15) is 27.9 Å². The van der Waals surface area contributed by atoms with Crippen LogP contribution in [-0.2, 0) is 4.74 Å². The summed E-state index contributed by atoms with van der Waals surface area (Å²) < 4.78 is 12.9. The van der Waals surface area contributed by atoms with Crippen LogP contribution in [0.2, 0.25) is 0 Å². The second-order valence-electron chi connectivity index (χ2n) is 7.18. The van der Waals surface area contributed by atoms with Crippen LogP contribution in [-0.4, -0.2) is 45.3 Å². The lowest BCUT2D eigenvalue weighted by atomic mass is 10.1. The van der Waals surface area contributed by atoms with E-state index in [2.05, 4.69) is 47.6 Å². The molecule has 0 aliphatic carbocycles. The van der Waals surface area contributed by atoms with Crippen LogP contribution < -0.4 is 0 Å². The molecule has 4 aromatic rings. The number of nitrogens with zero attached hydrogens (tertiary/aromatic N) is 4. The van der Waals surface area contributed by atoms with E-state index in [1.165, 1.54) is 11.8 Å². The number of aryl methyl sites for hydroxylation is 1. The molecule has 1 amide bonds. The Hall–Kier alpha value is -3.45. The number of carbonyl (C=O) groups excluding carboxylic acids is 1. The molecule has 1 aromatic carbocycles. The van der Waals surface area contributed by atoms with Crippen molar-refractivity contribution in [2.75, 3.05) is 19.7 Å². The summed E-state index contributed by atoms with van der Waals surface area (Å²) in [5, 5.41) is 8.63. The van der Waals surface area contributed by atoms with Crippen LogP contribution in [0.15, 0.2) is 65.4 Å². The molecule has 1 fully saturated rings. The number of morpholine rings is 1. The molecule has 0 saturated carbocycles. The van der Waals surface area contributed by atoms with Gasteiger partial charge < -0.3 is 14.1 Å². The van der Waals surface area contributed by atoms with Crippen molar-refractivity contribution in [3.05, 3.63) is 78.0 Å². The number of fused-ring (bicyclic) bond motifs is 1. The number of pyridine rings is 1. The van der Waals surface area contributed by atoms with Gasteiger partial charge in [0.05, 0.1) is 24.9 Å². The Morgan fingerprint density at radius 2 is 1.93 bits per heavy atom. The van der Waals surface area contributed by atoms with Gasteiger partial charge in [0.25, 0.3) is 5.91 Å². The summed E-state index contributed by atoms with van der Waals surface area (Å²) >= 11 is 0. The summed E-state index contributed by atoms with van der Waals surface area (Å²) in [7, 11) is 0. The number of amides is 1. The highest BCUT2D eigenvalue weighted by Crippen LogP contribution is 2.27. The van der Waals surface area contributed by atoms with E-state index in [9.17, 15) is 4.79 Å². The number of furan rings is 1. The SMILES string of the molecule is Cc1ccc(-c2ccc3c([C@@H]4CN(C(=O)c5ccco5)CCO4)nnn3c2)cc1. The lowest BCUT2D eigenvalue weighted by molar-refractivity contribution is -0.0250. The van der Waals surface area contributed by atoms with E-state index >= 15 is 0 Å². The number of benzene rings is 1. The molecular formula is C22H20N4O3. The zero-order chi connectivity index (χ0) is 19.8. The first-order chi connectivity index (χ1) is 14.2. The van der Waals surface area contributed by atoms with Crippen molar-refractivity contribution >= 4 is 11.4 Å². The normalized spacial score (nSPS) is 17.0. The maximum absolute atomic E-state index is 12.6. The van der Waals surface area contributed by atoms with Gasteiger partial charge in [0, 0.05) is 18.3 Å². The highest BCUT2D eigenvalue weighted by atomic mass is 16.5. The average Bonchev–Trinajstić information content (AvgIpc) is 3.43. The molecule has 0 spiro atoms. The quantitative estimate of drug-likeness (QED) is 0.537. The molecule has 1 aliphatic heterocycles. The Bertz CT molecular complexity index is 1150. The summed E-state index contributed by atoms with van der Waals surface area (Å²) in [6, 6.07) is 15.8. The van der Waals surface area contributed by atoms with Crippen molar-refractivity contribution in [2.24, 2.45) is 0 Å². The smallest absolute Gasteiger partial charge is 0.289 e. The van der Waals surface area contributed by atoms with Gasteiger partial charge in [0.1, 0.15) is 11.8 Å². The number of hydrogen-bond donors (Lipinski definition) is 0. The van der Waals surface area contributed by atoms with Gasteiger partial charge in [0.2, 0.25) is 0 Å². The predicted octanol–water partition coefficient (Wildman–Crippen LogP) is 3.51. The molecule has 7 heteroatoms. The third kappa shape index (κ3) is 3.30. The van der Waals surface area contributed by atoms with Crippen LogP contribution in [0.3, 0.4) is 0 Å². The van der Waals surface area contributed by atoms with Crippen LogP contribution in [0.4, 0.5) is 0 Å². The number of hydrogen-bond acceptors (Lipinski definition) is 5. The minimum Gasteiger partial charge on any atom is -0.459 e. The van der Waals surface area contributed by atoms with Crippen molar-refractivity contribution in [2.45, 2.75) is 13.0 Å². The zero-order valence-corrected chi connectivity index (χ0v) is 16.0. The molecule has 0 N–H and O–H groups in total. The van der Waals surface area contributed by atoms with Gasteiger partial charge >= 0.3 is 0 Å². The third-order valence-corrected chi connectivity index (χ3v) is 5.22. The van der Waals surface area contributed by atoms with Crippen molar-refractivity contribution in [3.8, 4) is 11.1 Å². The fraction of sp³-hybridized carbons (Fsp3) is 0.227. The van der Waals surface area contributed by atoms with Crippen LogP contribution in [0.5, 0.6) is 0 Å².